The number of alkyl halides is 3. The minimum absolute atomic E-state index is 0.0576. The Labute approximate surface area is 200 Å². The van der Waals surface area contributed by atoms with Crippen molar-refractivity contribution in [1.29, 1.82) is 0 Å². The van der Waals surface area contributed by atoms with Crippen LogP contribution < -0.4 is 15.5 Å². The highest BCUT2D eigenvalue weighted by Gasteiger charge is 2.32. The number of carbonyl (C=O) groups is 2. The van der Waals surface area contributed by atoms with Crippen molar-refractivity contribution >= 4 is 28.9 Å². The second-order valence-corrected chi connectivity index (χ2v) is 8.13. The summed E-state index contributed by atoms with van der Waals surface area (Å²) in [5.74, 6) is -0.923. The van der Waals surface area contributed by atoms with Gasteiger partial charge in [0, 0.05) is 29.9 Å². The molecule has 1 heterocycles. The molecule has 0 aliphatic carbocycles. The molecule has 0 atom stereocenters. The number of benzene rings is 3. The topological polar surface area (TPSA) is 70.7 Å². The molecular formula is C26H24F3N3O3. The van der Waals surface area contributed by atoms with Crippen molar-refractivity contribution < 1.29 is 27.5 Å². The van der Waals surface area contributed by atoms with Crippen LogP contribution in [0, 0.1) is 6.92 Å². The lowest BCUT2D eigenvalue weighted by molar-refractivity contribution is -0.137. The lowest BCUT2D eigenvalue weighted by atomic mass is 10.1. The number of aryl methyl sites for hydroxylation is 1. The molecule has 9 heteroatoms. The monoisotopic (exact) mass is 483 g/mol. The molecule has 6 nitrogen and oxygen atoms in total. The Balaban J connectivity index is 1.60. The maximum absolute atomic E-state index is 13.4. The summed E-state index contributed by atoms with van der Waals surface area (Å²) < 4.78 is 45.5. The van der Waals surface area contributed by atoms with E-state index in [0.29, 0.717) is 43.2 Å². The van der Waals surface area contributed by atoms with Crippen molar-refractivity contribution in [2.75, 3.05) is 41.8 Å². The quantitative estimate of drug-likeness (QED) is 0.513. The molecule has 182 valence electrons. The van der Waals surface area contributed by atoms with Crippen LogP contribution in [-0.4, -0.2) is 38.1 Å². The van der Waals surface area contributed by atoms with E-state index in [9.17, 15) is 22.8 Å². The van der Waals surface area contributed by atoms with Gasteiger partial charge >= 0.3 is 6.18 Å². The predicted octanol–water partition coefficient (Wildman–Crippen LogP) is 5.36. The molecule has 2 amide bonds. The number of morpholine rings is 1. The van der Waals surface area contributed by atoms with Crippen LogP contribution in [0.1, 0.15) is 31.8 Å². The molecule has 4 rings (SSSR count). The van der Waals surface area contributed by atoms with Crippen molar-refractivity contribution in [2.45, 2.75) is 13.1 Å². The summed E-state index contributed by atoms with van der Waals surface area (Å²) in [6, 6.07) is 16.7. The minimum Gasteiger partial charge on any atom is -0.378 e. The van der Waals surface area contributed by atoms with Gasteiger partial charge in [-0.2, -0.15) is 13.2 Å². The maximum Gasteiger partial charge on any atom is 0.416 e. The van der Waals surface area contributed by atoms with Crippen molar-refractivity contribution in [1.82, 2.24) is 0 Å². The summed E-state index contributed by atoms with van der Waals surface area (Å²) >= 11 is 0. The minimum atomic E-state index is -4.55. The number of anilines is 3. The van der Waals surface area contributed by atoms with Gasteiger partial charge < -0.3 is 20.3 Å². The number of nitrogens with zero attached hydrogens (tertiary/aromatic N) is 1. The Hall–Kier alpha value is -3.85. The molecule has 1 saturated heterocycles. The van der Waals surface area contributed by atoms with Crippen molar-refractivity contribution in [2.24, 2.45) is 0 Å². The van der Waals surface area contributed by atoms with Gasteiger partial charge in [-0.05, 0) is 55.0 Å². The molecule has 0 unspecified atom stereocenters. The molecule has 0 radical (unpaired) electrons. The third kappa shape index (κ3) is 5.81. The van der Waals surface area contributed by atoms with Crippen molar-refractivity contribution in [3.8, 4) is 0 Å². The van der Waals surface area contributed by atoms with Gasteiger partial charge in [0.05, 0.1) is 30.2 Å². The average molecular weight is 483 g/mol. The molecule has 0 bridgehead atoms. The zero-order chi connectivity index (χ0) is 25.0. The van der Waals surface area contributed by atoms with Crippen LogP contribution >= 0.6 is 0 Å². The Morgan fingerprint density at radius 2 is 1.49 bits per heavy atom. The summed E-state index contributed by atoms with van der Waals surface area (Å²) in [5, 5.41) is 5.42. The molecule has 3 aromatic carbocycles. The molecule has 0 aromatic heterocycles. The van der Waals surface area contributed by atoms with E-state index in [-0.39, 0.29) is 17.2 Å². The predicted molar refractivity (Wildman–Crippen MR) is 128 cm³/mol. The highest BCUT2D eigenvalue weighted by atomic mass is 19.4. The second-order valence-electron chi connectivity index (χ2n) is 8.13. The summed E-state index contributed by atoms with van der Waals surface area (Å²) in [6.45, 7) is 3.65. The number of amides is 2. The van der Waals surface area contributed by atoms with E-state index in [0.717, 1.165) is 17.7 Å². The summed E-state index contributed by atoms with van der Waals surface area (Å²) in [7, 11) is 0. The van der Waals surface area contributed by atoms with Crippen LogP contribution in [-0.2, 0) is 10.9 Å². The highest BCUT2D eigenvalue weighted by molar-refractivity contribution is 6.08. The largest absolute Gasteiger partial charge is 0.416 e. The van der Waals surface area contributed by atoms with Crippen LogP contribution in [0.2, 0.25) is 0 Å². The van der Waals surface area contributed by atoms with Crippen LogP contribution in [0.4, 0.5) is 30.2 Å². The Morgan fingerprint density at radius 1 is 0.829 bits per heavy atom. The van der Waals surface area contributed by atoms with Crippen LogP contribution in [0.3, 0.4) is 0 Å². The van der Waals surface area contributed by atoms with E-state index in [1.807, 2.05) is 4.90 Å². The Morgan fingerprint density at radius 3 is 2.17 bits per heavy atom. The fourth-order valence-electron chi connectivity index (χ4n) is 3.77. The van der Waals surface area contributed by atoms with Gasteiger partial charge in [0.15, 0.2) is 0 Å². The smallest absolute Gasteiger partial charge is 0.378 e. The molecule has 2 N–H and O–H groups in total. The number of hydrogen-bond donors (Lipinski definition) is 2. The van der Waals surface area contributed by atoms with E-state index in [2.05, 4.69) is 10.6 Å². The van der Waals surface area contributed by atoms with Gasteiger partial charge in [0.1, 0.15) is 0 Å². The van der Waals surface area contributed by atoms with Crippen molar-refractivity contribution in [3.05, 3.63) is 89.0 Å². The van der Waals surface area contributed by atoms with Crippen LogP contribution in [0.25, 0.3) is 0 Å². The summed E-state index contributed by atoms with van der Waals surface area (Å²) in [4.78, 5) is 27.5. The second kappa shape index (κ2) is 10.2. The lowest BCUT2D eigenvalue weighted by Crippen LogP contribution is -2.36. The molecular weight excluding hydrogens is 459 g/mol. The molecule has 1 aliphatic rings. The van der Waals surface area contributed by atoms with E-state index < -0.39 is 17.6 Å². The zero-order valence-electron chi connectivity index (χ0n) is 19.0. The van der Waals surface area contributed by atoms with E-state index in [1.54, 1.807) is 49.4 Å². The third-order valence-electron chi connectivity index (χ3n) is 5.71. The van der Waals surface area contributed by atoms with Gasteiger partial charge in [-0.3, -0.25) is 9.59 Å². The first-order chi connectivity index (χ1) is 16.7. The highest BCUT2D eigenvalue weighted by Crippen LogP contribution is 2.36. The molecule has 1 fully saturated rings. The number of carbonyl (C=O) groups excluding carboxylic acids is 2. The number of nitrogens with one attached hydrogen (secondary N) is 2. The van der Waals surface area contributed by atoms with Gasteiger partial charge in [0.2, 0.25) is 0 Å². The van der Waals surface area contributed by atoms with Gasteiger partial charge in [-0.1, -0.05) is 24.3 Å². The molecule has 0 spiro atoms. The molecule has 35 heavy (non-hydrogen) atoms. The van der Waals surface area contributed by atoms with E-state index in [4.69, 9.17) is 4.74 Å². The standard InChI is InChI=1S/C26H24F3N3O3/c1-17-7-8-19(15-21(17)30-24(33)18-5-3-2-4-6-18)25(34)31-22-16-20(26(27,28)29)9-10-23(22)32-11-13-35-14-12-32/h2-10,15-16H,11-14H2,1H3,(H,30,33)(H,31,34). The third-order valence-corrected chi connectivity index (χ3v) is 5.71. The summed E-state index contributed by atoms with van der Waals surface area (Å²) in [6.07, 6.45) is -4.55. The number of halogens is 3. The number of ether oxygens (including phenoxy) is 1. The lowest BCUT2D eigenvalue weighted by Gasteiger charge is -2.31. The number of hydrogen-bond acceptors (Lipinski definition) is 4. The summed E-state index contributed by atoms with van der Waals surface area (Å²) in [5.41, 5.74) is 1.51. The Bertz CT molecular complexity index is 1220. The molecule has 1 aliphatic heterocycles. The van der Waals surface area contributed by atoms with Gasteiger partial charge in [0.25, 0.3) is 11.8 Å². The van der Waals surface area contributed by atoms with Crippen LogP contribution in [0.5, 0.6) is 0 Å². The first-order valence-corrected chi connectivity index (χ1v) is 11.0. The van der Waals surface area contributed by atoms with E-state index in [1.165, 1.54) is 12.1 Å². The zero-order valence-corrected chi connectivity index (χ0v) is 19.0. The molecule has 3 aromatic rings. The maximum atomic E-state index is 13.4. The van der Waals surface area contributed by atoms with Crippen LogP contribution in [0.15, 0.2) is 66.7 Å². The fraction of sp³-hybridized carbons (Fsp3) is 0.231. The van der Waals surface area contributed by atoms with Crippen molar-refractivity contribution in [3.63, 3.8) is 0 Å². The van der Waals surface area contributed by atoms with E-state index >= 15 is 0 Å². The van der Waals surface area contributed by atoms with Gasteiger partial charge in [-0.25, -0.2) is 0 Å². The fourth-order valence-corrected chi connectivity index (χ4v) is 3.77. The first-order valence-electron chi connectivity index (χ1n) is 11.0. The first kappa shape index (κ1) is 24.3. The SMILES string of the molecule is Cc1ccc(C(=O)Nc2cc(C(F)(F)F)ccc2N2CCOCC2)cc1NC(=O)c1ccccc1. The molecule has 0 saturated carbocycles. The normalized spacial score (nSPS) is 13.9. The average Bonchev–Trinajstić information content (AvgIpc) is 2.85. The Kier molecular flexibility index (Phi) is 7.07. The van der Waals surface area contributed by atoms with Gasteiger partial charge in [-0.15, -0.1) is 0 Å². The number of rotatable bonds is 5.